The Balaban J connectivity index is 1.88. The number of alkyl halides is 3. The first kappa shape index (κ1) is 18.3. The summed E-state index contributed by atoms with van der Waals surface area (Å²) < 4.78 is 41.7. The summed E-state index contributed by atoms with van der Waals surface area (Å²) in [5.41, 5.74) is 2.42. The molecule has 26 heavy (non-hydrogen) atoms. The Bertz CT molecular complexity index is 824. The second-order valence-electron chi connectivity index (χ2n) is 5.77. The van der Waals surface area contributed by atoms with Gasteiger partial charge in [-0.05, 0) is 24.0 Å². The van der Waals surface area contributed by atoms with Crippen molar-refractivity contribution in [3.63, 3.8) is 0 Å². The lowest BCUT2D eigenvalue weighted by Crippen LogP contribution is -2.28. The molecular weight excluding hydrogens is 369 g/mol. The van der Waals surface area contributed by atoms with Gasteiger partial charge in [0.25, 0.3) is 0 Å². The second kappa shape index (κ2) is 7.38. The van der Waals surface area contributed by atoms with Crippen molar-refractivity contribution in [2.24, 2.45) is 0 Å². The Morgan fingerprint density at radius 2 is 1.77 bits per heavy atom. The van der Waals surface area contributed by atoms with Crippen LogP contribution in [0.4, 0.5) is 19.0 Å². The average molecular weight is 383 g/mol. The van der Waals surface area contributed by atoms with Crippen LogP contribution < -0.4 is 9.64 Å². The molecule has 0 amide bonds. The number of rotatable bonds is 3. The summed E-state index contributed by atoms with van der Waals surface area (Å²) >= 11 is 5.97. The third-order valence-corrected chi connectivity index (χ3v) is 4.30. The first-order chi connectivity index (χ1) is 12.4. The molecule has 3 rings (SSSR count). The Hall–Kier alpha value is -2.53. The Labute approximate surface area is 153 Å². The molecule has 0 atom stereocenters. The van der Waals surface area contributed by atoms with Crippen LogP contribution in [0.1, 0.15) is 16.7 Å². The van der Waals surface area contributed by atoms with Crippen LogP contribution >= 0.6 is 11.6 Å². The van der Waals surface area contributed by atoms with E-state index in [0.29, 0.717) is 13.1 Å². The van der Waals surface area contributed by atoms with Crippen molar-refractivity contribution in [1.82, 2.24) is 9.97 Å². The fourth-order valence-electron chi connectivity index (χ4n) is 2.82. The van der Waals surface area contributed by atoms with Crippen molar-refractivity contribution in [3.05, 3.63) is 46.1 Å². The summed E-state index contributed by atoms with van der Waals surface area (Å²) in [4.78, 5) is 9.50. The first-order valence-corrected chi connectivity index (χ1v) is 8.24. The molecule has 0 saturated carbocycles. The summed E-state index contributed by atoms with van der Waals surface area (Å²) in [5, 5.41) is 9.14. The molecule has 9 heteroatoms. The summed E-state index contributed by atoms with van der Waals surface area (Å²) in [6.07, 6.45) is -3.07. The molecule has 1 aliphatic rings. The summed E-state index contributed by atoms with van der Waals surface area (Å²) in [6.45, 7) is -0.421. The molecule has 2 heterocycles. The van der Waals surface area contributed by atoms with Crippen molar-refractivity contribution in [2.75, 3.05) is 24.6 Å². The number of fused-ring (bicyclic) bond motifs is 1. The van der Waals surface area contributed by atoms with Gasteiger partial charge in [-0.15, -0.1) is 0 Å². The van der Waals surface area contributed by atoms with Crippen molar-refractivity contribution in [3.8, 4) is 12.1 Å². The number of ether oxygens (including phenoxy) is 1. The van der Waals surface area contributed by atoms with E-state index >= 15 is 0 Å². The number of aromatic nitrogens is 2. The fraction of sp³-hybridized carbons (Fsp3) is 0.353. The van der Waals surface area contributed by atoms with Crippen LogP contribution in [0.3, 0.4) is 0 Å². The fourth-order valence-corrected chi connectivity index (χ4v) is 3.02. The normalized spacial score (nSPS) is 14.3. The van der Waals surface area contributed by atoms with Crippen molar-refractivity contribution < 1.29 is 17.9 Å². The Morgan fingerprint density at radius 1 is 1.15 bits per heavy atom. The van der Waals surface area contributed by atoms with E-state index in [-0.39, 0.29) is 16.5 Å². The molecule has 0 N–H and O–H groups in total. The quantitative estimate of drug-likeness (QED) is 0.760. The number of nitrogens with zero attached hydrogens (tertiary/aromatic N) is 4. The number of hydrogen-bond acceptors (Lipinski definition) is 5. The summed E-state index contributed by atoms with van der Waals surface area (Å²) in [5.74, 6) is 0.192. The number of anilines is 1. The highest BCUT2D eigenvalue weighted by Gasteiger charge is 2.30. The standard InChI is InChI=1S/C17H14ClF3N4O/c18-14-13(9-22)15(24-16(23-14)26-10-17(19,20)21)25-7-5-11-3-1-2-4-12(11)6-8-25/h1-4H,5-8,10H2. The maximum Gasteiger partial charge on any atom is 0.422 e. The number of benzene rings is 1. The van der Waals surface area contributed by atoms with E-state index in [4.69, 9.17) is 11.6 Å². The van der Waals surface area contributed by atoms with Gasteiger partial charge in [0.2, 0.25) is 0 Å². The molecule has 1 aromatic heterocycles. The maximum absolute atomic E-state index is 12.4. The molecule has 0 saturated heterocycles. The minimum Gasteiger partial charge on any atom is -0.454 e. The van der Waals surface area contributed by atoms with Gasteiger partial charge in [0.05, 0.1) is 0 Å². The maximum atomic E-state index is 12.4. The highest BCUT2D eigenvalue weighted by Crippen LogP contribution is 2.29. The van der Waals surface area contributed by atoms with Crippen LogP contribution in [0.25, 0.3) is 0 Å². The average Bonchev–Trinajstić information content (AvgIpc) is 2.81. The molecule has 0 spiro atoms. The highest BCUT2D eigenvalue weighted by atomic mass is 35.5. The van der Waals surface area contributed by atoms with E-state index in [9.17, 15) is 18.4 Å². The van der Waals surface area contributed by atoms with Gasteiger partial charge in [0.15, 0.2) is 17.6 Å². The van der Waals surface area contributed by atoms with Gasteiger partial charge in [0.1, 0.15) is 11.6 Å². The number of halogens is 4. The largest absolute Gasteiger partial charge is 0.454 e. The van der Waals surface area contributed by atoms with Crippen LogP contribution in [0, 0.1) is 11.3 Å². The Morgan fingerprint density at radius 3 is 2.31 bits per heavy atom. The second-order valence-corrected chi connectivity index (χ2v) is 6.13. The van der Waals surface area contributed by atoms with E-state index in [1.807, 2.05) is 35.2 Å². The van der Waals surface area contributed by atoms with Crippen LogP contribution in [0.2, 0.25) is 5.15 Å². The van der Waals surface area contributed by atoms with Gasteiger partial charge in [-0.3, -0.25) is 0 Å². The van der Waals surface area contributed by atoms with Crippen LogP contribution in [-0.2, 0) is 12.8 Å². The topological polar surface area (TPSA) is 62.0 Å². The predicted molar refractivity (Wildman–Crippen MR) is 89.4 cm³/mol. The molecule has 0 radical (unpaired) electrons. The zero-order valence-electron chi connectivity index (χ0n) is 13.6. The smallest absolute Gasteiger partial charge is 0.422 e. The van der Waals surface area contributed by atoms with Gasteiger partial charge in [-0.1, -0.05) is 35.9 Å². The molecule has 0 unspecified atom stereocenters. The van der Waals surface area contributed by atoms with Crippen molar-refractivity contribution in [1.29, 1.82) is 5.26 Å². The molecule has 0 bridgehead atoms. The van der Waals surface area contributed by atoms with Gasteiger partial charge in [-0.25, -0.2) is 0 Å². The Kier molecular flexibility index (Phi) is 5.18. The lowest BCUT2D eigenvalue weighted by atomic mass is 10.0. The minimum atomic E-state index is -4.52. The monoisotopic (exact) mass is 382 g/mol. The van der Waals surface area contributed by atoms with Crippen LogP contribution in [0.5, 0.6) is 6.01 Å². The summed E-state index contributed by atoms with van der Waals surface area (Å²) in [6, 6.07) is 9.42. The van der Waals surface area contributed by atoms with Gasteiger partial charge < -0.3 is 9.64 Å². The highest BCUT2D eigenvalue weighted by molar-refractivity contribution is 6.30. The SMILES string of the molecule is N#Cc1c(Cl)nc(OCC(F)(F)F)nc1N1CCc2ccccc2CC1. The van der Waals surface area contributed by atoms with Gasteiger partial charge in [0, 0.05) is 13.1 Å². The predicted octanol–water partition coefficient (Wildman–Crippen LogP) is 3.55. The molecule has 0 aliphatic carbocycles. The van der Waals surface area contributed by atoms with Gasteiger partial charge >= 0.3 is 12.2 Å². The zero-order valence-corrected chi connectivity index (χ0v) is 14.3. The van der Waals surface area contributed by atoms with Crippen LogP contribution in [-0.4, -0.2) is 35.8 Å². The van der Waals surface area contributed by atoms with Crippen LogP contribution in [0.15, 0.2) is 24.3 Å². The van der Waals surface area contributed by atoms with E-state index in [2.05, 4.69) is 14.7 Å². The lowest BCUT2D eigenvalue weighted by Gasteiger charge is -2.23. The molecular formula is C17H14ClF3N4O. The molecule has 1 aromatic carbocycles. The molecule has 0 fully saturated rings. The molecule has 136 valence electrons. The van der Waals surface area contributed by atoms with E-state index in [1.54, 1.807) is 0 Å². The molecule has 5 nitrogen and oxygen atoms in total. The number of hydrogen-bond donors (Lipinski definition) is 0. The van der Waals surface area contributed by atoms with Gasteiger partial charge in [-0.2, -0.15) is 28.4 Å². The third-order valence-electron chi connectivity index (χ3n) is 4.02. The molecule has 2 aromatic rings. The van der Waals surface area contributed by atoms with E-state index < -0.39 is 18.8 Å². The van der Waals surface area contributed by atoms with Crippen molar-refractivity contribution >= 4 is 17.4 Å². The minimum absolute atomic E-state index is 0.0250. The first-order valence-electron chi connectivity index (χ1n) is 7.86. The van der Waals surface area contributed by atoms with E-state index in [0.717, 1.165) is 12.8 Å². The summed E-state index contributed by atoms with van der Waals surface area (Å²) in [7, 11) is 0. The zero-order chi connectivity index (χ0) is 18.7. The third kappa shape index (κ3) is 4.17. The van der Waals surface area contributed by atoms with Crippen molar-refractivity contribution in [2.45, 2.75) is 19.0 Å². The molecule has 1 aliphatic heterocycles. The van der Waals surface area contributed by atoms with E-state index in [1.165, 1.54) is 11.1 Å². The number of nitriles is 1. The lowest BCUT2D eigenvalue weighted by molar-refractivity contribution is -0.154.